The second-order valence-corrected chi connectivity index (χ2v) is 10.3. The first-order valence-corrected chi connectivity index (χ1v) is 12.0. The summed E-state index contributed by atoms with van der Waals surface area (Å²) in [5.74, 6) is 0.997. The fourth-order valence-corrected chi connectivity index (χ4v) is 7.11. The molecule has 0 aromatic heterocycles. The Morgan fingerprint density at radius 1 is 1.24 bits per heavy atom. The van der Waals surface area contributed by atoms with Gasteiger partial charge in [-0.25, -0.2) is 4.57 Å². The molecule has 2 bridgehead atoms. The molecular weight excluding hydrogens is 393 g/mol. The number of methoxy groups -OCH3 is 1. The molecule has 0 radical (unpaired) electrons. The molecule has 29 heavy (non-hydrogen) atoms. The summed E-state index contributed by atoms with van der Waals surface area (Å²) in [6, 6.07) is 8.37. The lowest BCUT2D eigenvalue weighted by atomic mass is 9.52. The SMILES string of the molecule is CN[C@@H]1CC2[C@@H](Cc3ccc(OC)cc3)[C@@H](O)[C@H]3C[C@@]2(CC[C@H]3OP(=O)(O)O)C1. The highest BCUT2D eigenvalue weighted by Crippen LogP contribution is 2.63. The number of phosphoric ester groups is 1. The normalized spacial score (nSPS) is 39.2. The summed E-state index contributed by atoms with van der Waals surface area (Å²) in [6.07, 6.45) is 3.86. The number of hydrogen-bond acceptors (Lipinski definition) is 5. The van der Waals surface area contributed by atoms with Crippen molar-refractivity contribution in [1.82, 2.24) is 5.32 Å². The molecule has 0 saturated heterocycles. The zero-order chi connectivity index (χ0) is 20.8. The smallest absolute Gasteiger partial charge is 0.469 e. The molecule has 7 atom stereocenters. The van der Waals surface area contributed by atoms with E-state index in [1.807, 2.05) is 31.3 Å². The molecule has 3 saturated carbocycles. The van der Waals surface area contributed by atoms with E-state index in [1.165, 1.54) is 0 Å². The van der Waals surface area contributed by atoms with Crippen molar-refractivity contribution in [2.45, 2.75) is 56.8 Å². The first-order chi connectivity index (χ1) is 13.7. The van der Waals surface area contributed by atoms with Gasteiger partial charge in [0.2, 0.25) is 0 Å². The third-order valence-electron chi connectivity index (χ3n) is 7.73. The number of aliphatic hydroxyl groups is 1. The Balaban J connectivity index is 1.62. The van der Waals surface area contributed by atoms with Gasteiger partial charge in [0.15, 0.2) is 0 Å². The number of fused-ring (bicyclic) bond motifs is 1. The average Bonchev–Trinajstić information content (AvgIpc) is 3.05. The van der Waals surface area contributed by atoms with E-state index in [4.69, 9.17) is 9.26 Å². The van der Waals surface area contributed by atoms with Crippen LogP contribution in [0.3, 0.4) is 0 Å². The van der Waals surface area contributed by atoms with Crippen molar-refractivity contribution in [3.63, 3.8) is 0 Å². The lowest BCUT2D eigenvalue weighted by Crippen LogP contribution is -2.55. The van der Waals surface area contributed by atoms with Crippen LogP contribution in [-0.4, -0.2) is 47.3 Å². The van der Waals surface area contributed by atoms with E-state index in [0.29, 0.717) is 18.4 Å². The Kier molecular flexibility index (Phi) is 5.84. The van der Waals surface area contributed by atoms with Crippen LogP contribution in [-0.2, 0) is 15.5 Å². The van der Waals surface area contributed by atoms with Crippen LogP contribution in [0.5, 0.6) is 5.75 Å². The van der Waals surface area contributed by atoms with Crippen molar-refractivity contribution < 1.29 is 28.7 Å². The summed E-state index contributed by atoms with van der Waals surface area (Å²) in [5.41, 5.74) is 1.26. The van der Waals surface area contributed by atoms with E-state index < -0.39 is 20.0 Å². The standard InChI is InChI=1S/C21H32NO6P/c1-22-14-10-18-16(9-13-3-5-15(27-2)6-4-13)20(23)17-12-21(18,11-14)8-7-19(17)28-29(24,25)26/h3-6,14,16-20,22-23H,7-12H2,1-2H3,(H2,24,25,26)/t14-,16-,17+,18?,19-,20-,21-/m1/s1. The van der Waals surface area contributed by atoms with Gasteiger partial charge in [0.1, 0.15) is 5.75 Å². The van der Waals surface area contributed by atoms with Crippen LogP contribution < -0.4 is 10.1 Å². The maximum atomic E-state index is 11.5. The Morgan fingerprint density at radius 3 is 2.59 bits per heavy atom. The van der Waals surface area contributed by atoms with Gasteiger partial charge in [0.05, 0.1) is 19.3 Å². The molecule has 0 amide bonds. The van der Waals surface area contributed by atoms with Crippen molar-refractivity contribution in [2.24, 2.45) is 23.2 Å². The number of ether oxygens (including phenoxy) is 1. The molecule has 4 rings (SSSR count). The molecule has 0 aliphatic heterocycles. The molecule has 1 aromatic rings. The number of rotatable bonds is 6. The molecule has 8 heteroatoms. The van der Waals surface area contributed by atoms with Crippen LogP contribution in [0.4, 0.5) is 0 Å². The minimum absolute atomic E-state index is 0.0451. The van der Waals surface area contributed by atoms with Gasteiger partial charge in [-0.2, -0.15) is 0 Å². The van der Waals surface area contributed by atoms with Crippen molar-refractivity contribution in [3.05, 3.63) is 29.8 Å². The lowest BCUT2D eigenvalue weighted by molar-refractivity contribution is -0.141. The average molecular weight is 425 g/mol. The molecule has 1 unspecified atom stereocenters. The fraction of sp³-hybridized carbons (Fsp3) is 0.714. The maximum absolute atomic E-state index is 11.5. The molecular formula is C21H32NO6P. The van der Waals surface area contributed by atoms with Crippen LogP contribution in [0.25, 0.3) is 0 Å². The largest absolute Gasteiger partial charge is 0.497 e. The quantitative estimate of drug-likeness (QED) is 0.519. The van der Waals surface area contributed by atoms with Crippen LogP contribution in [0.15, 0.2) is 24.3 Å². The van der Waals surface area contributed by atoms with E-state index in [9.17, 15) is 19.5 Å². The fourth-order valence-electron chi connectivity index (χ4n) is 6.50. The van der Waals surface area contributed by atoms with E-state index >= 15 is 0 Å². The molecule has 3 aliphatic rings. The molecule has 3 fully saturated rings. The van der Waals surface area contributed by atoms with Crippen LogP contribution in [0.1, 0.15) is 37.7 Å². The van der Waals surface area contributed by atoms with Crippen molar-refractivity contribution in [2.75, 3.05) is 14.2 Å². The van der Waals surface area contributed by atoms with Crippen molar-refractivity contribution >= 4 is 7.82 Å². The van der Waals surface area contributed by atoms with Gasteiger partial charge in [-0.1, -0.05) is 12.1 Å². The highest BCUT2D eigenvalue weighted by Gasteiger charge is 2.60. The third-order valence-corrected chi connectivity index (χ3v) is 8.28. The van der Waals surface area contributed by atoms with Gasteiger partial charge in [-0.05, 0) is 80.5 Å². The summed E-state index contributed by atoms with van der Waals surface area (Å²) in [4.78, 5) is 18.7. The Labute approximate surface area is 172 Å². The van der Waals surface area contributed by atoms with Crippen molar-refractivity contribution in [1.29, 1.82) is 0 Å². The number of nitrogens with one attached hydrogen (secondary N) is 1. The highest BCUT2D eigenvalue weighted by atomic mass is 31.2. The molecule has 7 nitrogen and oxygen atoms in total. The number of phosphoric acid groups is 1. The van der Waals surface area contributed by atoms with E-state index in [0.717, 1.165) is 43.4 Å². The summed E-state index contributed by atoms with van der Waals surface area (Å²) < 4.78 is 21.9. The Bertz CT molecular complexity index is 767. The van der Waals surface area contributed by atoms with E-state index in [2.05, 4.69) is 5.32 Å². The Morgan fingerprint density at radius 2 is 1.97 bits per heavy atom. The van der Waals surface area contributed by atoms with Crippen LogP contribution in [0.2, 0.25) is 0 Å². The predicted octanol–water partition coefficient (Wildman–Crippen LogP) is 2.49. The lowest BCUT2D eigenvalue weighted by Gasteiger charge is -2.55. The number of hydrogen-bond donors (Lipinski definition) is 4. The molecule has 162 valence electrons. The first kappa shape index (κ1) is 21.3. The van der Waals surface area contributed by atoms with Gasteiger partial charge in [0, 0.05) is 12.0 Å². The van der Waals surface area contributed by atoms with E-state index in [-0.39, 0.29) is 17.3 Å². The van der Waals surface area contributed by atoms with Crippen molar-refractivity contribution in [3.8, 4) is 5.75 Å². The number of benzene rings is 1. The summed E-state index contributed by atoms with van der Waals surface area (Å²) in [5, 5.41) is 14.8. The van der Waals surface area contributed by atoms with Crippen LogP contribution in [0, 0.1) is 23.2 Å². The summed E-state index contributed by atoms with van der Waals surface area (Å²) >= 11 is 0. The Hall–Kier alpha value is -0.950. The third kappa shape index (κ3) is 4.14. The van der Waals surface area contributed by atoms with Gasteiger partial charge < -0.3 is 24.9 Å². The minimum Gasteiger partial charge on any atom is -0.497 e. The molecule has 1 aromatic carbocycles. The molecule has 0 heterocycles. The van der Waals surface area contributed by atoms with Crippen LogP contribution >= 0.6 is 7.82 Å². The van der Waals surface area contributed by atoms with Gasteiger partial charge in [-0.15, -0.1) is 0 Å². The molecule has 3 aliphatic carbocycles. The molecule has 4 N–H and O–H groups in total. The van der Waals surface area contributed by atoms with Gasteiger partial charge >= 0.3 is 7.82 Å². The highest BCUT2D eigenvalue weighted by molar-refractivity contribution is 7.46. The summed E-state index contributed by atoms with van der Waals surface area (Å²) in [6.45, 7) is 0. The molecule has 1 spiro atoms. The second-order valence-electron chi connectivity index (χ2n) is 9.14. The van der Waals surface area contributed by atoms with Gasteiger partial charge in [0.25, 0.3) is 0 Å². The van der Waals surface area contributed by atoms with Gasteiger partial charge in [-0.3, -0.25) is 4.52 Å². The predicted molar refractivity (Wildman–Crippen MR) is 108 cm³/mol. The first-order valence-electron chi connectivity index (χ1n) is 10.5. The summed E-state index contributed by atoms with van der Waals surface area (Å²) in [7, 11) is -0.953. The zero-order valence-electron chi connectivity index (χ0n) is 17.0. The minimum atomic E-state index is -4.59. The van der Waals surface area contributed by atoms with E-state index in [1.54, 1.807) is 7.11 Å². The zero-order valence-corrected chi connectivity index (χ0v) is 17.9. The number of aliphatic hydroxyl groups excluding tert-OH is 1. The second kappa shape index (κ2) is 7.95. The topological polar surface area (TPSA) is 108 Å². The maximum Gasteiger partial charge on any atom is 0.469 e. The monoisotopic (exact) mass is 425 g/mol.